The number of carbonyl (C=O) groups excluding carboxylic acids is 2. The van der Waals surface area contributed by atoms with Crippen LogP contribution in [0.1, 0.15) is 46.0 Å². The predicted molar refractivity (Wildman–Crippen MR) is 69.9 cm³/mol. The van der Waals surface area contributed by atoms with Crippen LogP contribution < -0.4 is 5.32 Å². The Hall–Kier alpha value is -1.06. The number of hydrogen-bond donors (Lipinski definition) is 1. The molecular weight excluding hydrogens is 228 g/mol. The highest BCUT2D eigenvalue weighted by molar-refractivity contribution is 5.87. The van der Waals surface area contributed by atoms with Crippen LogP contribution in [0.3, 0.4) is 0 Å². The van der Waals surface area contributed by atoms with Crippen molar-refractivity contribution in [3.8, 4) is 0 Å². The Morgan fingerprint density at radius 3 is 2.67 bits per heavy atom. The van der Waals surface area contributed by atoms with Crippen LogP contribution in [0.15, 0.2) is 0 Å². The highest BCUT2D eigenvalue weighted by Gasteiger charge is 2.36. The van der Waals surface area contributed by atoms with Crippen LogP contribution in [0.4, 0.5) is 0 Å². The zero-order valence-corrected chi connectivity index (χ0v) is 11.7. The van der Waals surface area contributed by atoms with E-state index in [0.717, 1.165) is 25.8 Å². The molecule has 0 aromatic carbocycles. The van der Waals surface area contributed by atoms with E-state index in [-0.39, 0.29) is 17.7 Å². The Morgan fingerprint density at radius 2 is 2.17 bits per heavy atom. The highest BCUT2D eigenvalue weighted by atomic mass is 16.2. The maximum Gasteiger partial charge on any atom is 0.223 e. The molecule has 2 fully saturated rings. The van der Waals surface area contributed by atoms with Crippen molar-refractivity contribution in [2.45, 2.75) is 52.0 Å². The van der Waals surface area contributed by atoms with Gasteiger partial charge in [-0.05, 0) is 31.1 Å². The maximum atomic E-state index is 12.2. The lowest BCUT2D eigenvalue weighted by molar-refractivity contribution is -0.135. The van der Waals surface area contributed by atoms with Gasteiger partial charge in [-0.25, -0.2) is 0 Å². The van der Waals surface area contributed by atoms with Crippen LogP contribution in [0.25, 0.3) is 0 Å². The van der Waals surface area contributed by atoms with Crippen LogP contribution >= 0.6 is 0 Å². The molecule has 0 aromatic heterocycles. The standard InChI is InChI=1S/C14H24N2O2/c1-14(2)6-4-11(9-14)16(3)12(17)8-10-5-7-15-13(10)18/h10-11H,4-9H2,1-3H3,(H,15,18). The van der Waals surface area contributed by atoms with E-state index >= 15 is 0 Å². The molecule has 2 rings (SSSR count). The first-order chi connectivity index (χ1) is 8.39. The van der Waals surface area contributed by atoms with Crippen LogP contribution in [0, 0.1) is 11.3 Å². The average molecular weight is 252 g/mol. The van der Waals surface area contributed by atoms with Crippen LogP contribution in [-0.4, -0.2) is 36.3 Å². The van der Waals surface area contributed by atoms with Gasteiger partial charge in [0.25, 0.3) is 0 Å². The molecule has 4 heteroatoms. The minimum absolute atomic E-state index is 0.0449. The first-order valence-corrected chi connectivity index (χ1v) is 6.92. The van der Waals surface area contributed by atoms with E-state index in [4.69, 9.17) is 0 Å². The van der Waals surface area contributed by atoms with Crippen molar-refractivity contribution in [3.63, 3.8) is 0 Å². The summed E-state index contributed by atoms with van der Waals surface area (Å²) in [4.78, 5) is 25.5. The van der Waals surface area contributed by atoms with Gasteiger partial charge in [-0.1, -0.05) is 13.8 Å². The monoisotopic (exact) mass is 252 g/mol. The molecule has 1 heterocycles. The van der Waals surface area contributed by atoms with E-state index in [1.54, 1.807) is 0 Å². The number of nitrogens with one attached hydrogen (secondary N) is 1. The van der Waals surface area contributed by atoms with Gasteiger partial charge < -0.3 is 10.2 Å². The Labute approximate surface area is 109 Å². The van der Waals surface area contributed by atoms with E-state index in [0.29, 0.717) is 17.9 Å². The van der Waals surface area contributed by atoms with E-state index in [1.165, 1.54) is 6.42 Å². The normalized spacial score (nSPS) is 30.3. The van der Waals surface area contributed by atoms with Gasteiger partial charge in [0.05, 0.1) is 0 Å². The smallest absolute Gasteiger partial charge is 0.223 e. The first-order valence-electron chi connectivity index (χ1n) is 6.92. The van der Waals surface area contributed by atoms with Gasteiger partial charge in [-0.2, -0.15) is 0 Å². The second kappa shape index (κ2) is 4.90. The number of hydrogen-bond acceptors (Lipinski definition) is 2. The second-order valence-electron chi connectivity index (χ2n) is 6.55. The van der Waals surface area contributed by atoms with Crippen molar-refractivity contribution < 1.29 is 9.59 Å². The Balaban J connectivity index is 1.87. The summed E-state index contributed by atoms with van der Waals surface area (Å²) >= 11 is 0. The molecule has 2 amide bonds. The summed E-state index contributed by atoms with van der Waals surface area (Å²) < 4.78 is 0. The highest BCUT2D eigenvalue weighted by Crippen LogP contribution is 2.39. The second-order valence-corrected chi connectivity index (χ2v) is 6.55. The Morgan fingerprint density at radius 1 is 1.44 bits per heavy atom. The molecule has 0 spiro atoms. The number of rotatable bonds is 3. The molecule has 0 aromatic rings. The Kier molecular flexibility index (Phi) is 3.64. The number of carbonyl (C=O) groups is 2. The lowest BCUT2D eigenvalue weighted by atomic mass is 9.91. The van der Waals surface area contributed by atoms with Crippen molar-refractivity contribution in [3.05, 3.63) is 0 Å². The summed E-state index contributed by atoms with van der Waals surface area (Å²) in [6.45, 7) is 5.24. The molecular formula is C14H24N2O2. The lowest BCUT2D eigenvalue weighted by Gasteiger charge is -2.27. The fourth-order valence-electron chi connectivity index (χ4n) is 3.13. The molecule has 4 nitrogen and oxygen atoms in total. The molecule has 1 N–H and O–H groups in total. The fraction of sp³-hybridized carbons (Fsp3) is 0.857. The largest absolute Gasteiger partial charge is 0.356 e. The molecule has 0 radical (unpaired) electrons. The Bertz CT molecular complexity index is 352. The summed E-state index contributed by atoms with van der Waals surface area (Å²) in [5.41, 5.74) is 0.351. The van der Waals surface area contributed by atoms with Crippen LogP contribution in [0.5, 0.6) is 0 Å². The molecule has 1 saturated heterocycles. The van der Waals surface area contributed by atoms with Gasteiger partial charge in [0.2, 0.25) is 11.8 Å². The molecule has 102 valence electrons. The third-order valence-corrected chi connectivity index (χ3v) is 4.47. The molecule has 1 aliphatic heterocycles. The zero-order chi connectivity index (χ0) is 13.3. The lowest BCUT2D eigenvalue weighted by Crippen LogP contribution is -2.37. The first kappa shape index (κ1) is 13.4. The number of nitrogens with zero attached hydrogens (tertiary/aromatic N) is 1. The van der Waals surface area contributed by atoms with Gasteiger partial charge in [0.15, 0.2) is 0 Å². The molecule has 18 heavy (non-hydrogen) atoms. The maximum absolute atomic E-state index is 12.2. The summed E-state index contributed by atoms with van der Waals surface area (Å²) in [6.07, 6.45) is 4.52. The van der Waals surface area contributed by atoms with Crippen molar-refractivity contribution in [1.82, 2.24) is 10.2 Å². The third kappa shape index (κ3) is 2.85. The quantitative estimate of drug-likeness (QED) is 0.828. The molecule has 2 aliphatic rings. The van der Waals surface area contributed by atoms with Gasteiger partial charge in [0, 0.05) is 32.0 Å². The van der Waals surface area contributed by atoms with Crippen molar-refractivity contribution in [1.29, 1.82) is 0 Å². The molecule has 1 saturated carbocycles. The molecule has 1 aliphatic carbocycles. The topological polar surface area (TPSA) is 49.4 Å². The minimum atomic E-state index is -0.102. The van der Waals surface area contributed by atoms with E-state index in [9.17, 15) is 9.59 Å². The summed E-state index contributed by atoms with van der Waals surface area (Å²) in [5.74, 6) is 0.0672. The average Bonchev–Trinajstić information content (AvgIpc) is 2.84. The van der Waals surface area contributed by atoms with Crippen molar-refractivity contribution >= 4 is 11.8 Å². The van der Waals surface area contributed by atoms with Crippen molar-refractivity contribution in [2.75, 3.05) is 13.6 Å². The number of amides is 2. The zero-order valence-electron chi connectivity index (χ0n) is 11.7. The SMILES string of the molecule is CN(C(=O)CC1CCNC1=O)C1CCC(C)(C)C1. The van der Waals surface area contributed by atoms with Crippen LogP contribution in [-0.2, 0) is 9.59 Å². The molecule has 0 bridgehead atoms. The van der Waals surface area contributed by atoms with E-state index in [2.05, 4.69) is 19.2 Å². The van der Waals surface area contributed by atoms with Crippen molar-refractivity contribution in [2.24, 2.45) is 11.3 Å². The van der Waals surface area contributed by atoms with Gasteiger partial charge >= 0.3 is 0 Å². The molecule has 2 unspecified atom stereocenters. The van der Waals surface area contributed by atoms with Gasteiger partial charge in [-0.3, -0.25) is 9.59 Å². The van der Waals surface area contributed by atoms with Gasteiger partial charge in [-0.15, -0.1) is 0 Å². The van der Waals surface area contributed by atoms with E-state index in [1.807, 2.05) is 11.9 Å². The molecule has 2 atom stereocenters. The predicted octanol–water partition coefficient (Wildman–Crippen LogP) is 1.55. The van der Waals surface area contributed by atoms with Gasteiger partial charge in [0.1, 0.15) is 0 Å². The third-order valence-electron chi connectivity index (χ3n) is 4.47. The summed E-state index contributed by atoms with van der Waals surface area (Å²) in [5, 5.41) is 2.79. The van der Waals surface area contributed by atoms with E-state index < -0.39 is 0 Å². The summed E-state index contributed by atoms with van der Waals surface area (Å²) in [7, 11) is 1.89. The minimum Gasteiger partial charge on any atom is -0.356 e. The van der Waals surface area contributed by atoms with Crippen LogP contribution in [0.2, 0.25) is 0 Å². The fourth-order valence-corrected chi connectivity index (χ4v) is 3.13. The summed E-state index contributed by atoms with van der Waals surface area (Å²) in [6, 6.07) is 0.358.